The molecule has 1 fully saturated rings. The topological polar surface area (TPSA) is 36.4 Å². The highest BCUT2D eigenvalue weighted by molar-refractivity contribution is 5.53. The molecule has 1 aromatic heterocycles. The third-order valence-electron chi connectivity index (χ3n) is 3.22. The number of anilines is 1. The molecule has 3 nitrogen and oxygen atoms in total. The summed E-state index contributed by atoms with van der Waals surface area (Å²) in [6.07, 6.45) is -2.96. The van der Waals surface area contributed by atoms with E-state index in [-0.39, 0.29) is 24.8 Å². The van der Waals surface area contributed by atoms with Gasteiger partial charge in [0.05, 0.1) is 11.2 Å². The monoisotopic (exact) mass is 274 g/mol. The van der Waals surface area contributed by atoms with Gasteiger partial charge in [-0.2, -0.15) is 13.2 Å². The molecular weight excluding hydrogens is 257 g/mol. The van der Waals surface area contributed by atoms with Crippen molar-refractivity contribution in [2.45, 2.75) is 38.5 Å². The first-order valence-electron chi connectivity index (χ1n) is 6.14. The van der Waals surface area contributed by atoms with Crippen molar-refractivity contribution < 1.29 is 18.3 Å². The third kappa shape index (κ3) is 2.83. The van der Waals surface area contributed by atoms with Gasteiger partial charge in [0.2, 0.25) is 0 Å². The van der Waals surface area contributed by atoms with Crippen LogP contribution in [0.4, 0.5) is 19.0 Å². The number of pyridine rings is 1. The van der Waals surface area contributed by atoms with E-state index in [1.54, 1.807) is 6.92 Å². The van der Waals surface area contributed by atoms with Crippen molar-refractivity contribution in [3.63, 3.8) is 0 Å². The summed E-state index contributed by atoms with van der Waals surface area (Å²) in [5, 5.41) is 9.63. The number of β-amino-alcohol motifs (C(OH)–C–C–N with tert-alkyl or cyclic N) is 1. The molecule has 19 heavy (non-hydrogen) atoms. The van der Waals surface area contributed by atoms with E-state index in [2.05, 4.69) is 4.98 Å². The van der Waals surface area contributed by atoms with Crippen molar-refractivity contribution in [2.75, 3.05) is 18.0 Å². The summed E-state index contributed by atoms with van der Waals surface area (Å²) in [6.45, 7) is 5.59. The maximum atomic E-state index is 13.1. The Kier molecular flexibility index (Phi) is 3.24. The van der Waals surface area contributed by atoms with Crippen LogP contribution in [0.25, 0.3) is 0 Å². The van der Waals surface area contributed by atoms with Gasteiger partial charge in [-0.3, -0.25) is 0 Å². The Morgan fingerprint density at radius 3 is 2.37 bits per heavy atom. The molecule has 0 saturated carbocycles. The highest BCUT2D eigenvalue weighted by atomic mass is 19.4. The molecule has 0 atom stereocenters. The van der Waals surface area contributed by atoms with E-state index >= 15 is 0 Å². The van der Waals surface area contributed by atoms with Crippen molar-refractivity contribution >= 4 is 5.82 Å². The van der Waals surface area contributed by atoms with Crippen LogP contribution in [0.15, 0.2) is 12.3 Å². The van der Waals surface area contributed by atoms with Gasteiger partial charge in [-0.15, -0.1) is 0 Å². The Bertz CT molecular complexity index is 475. The average molecular weight is 274 g/mol. The molecule has 1 N–H and O–H groups in total. The van der Waals surface area contributed by atoms with Gasteiger partial charge in [-0.1, -0.05) is 13.8 Å². The number of nitrogens with zero attached hydrogens (tertiary/aromatic N) is 2. The largest absolute Gasteiger partial charge is 0.419 e. The lowest BCUT2D eigenvalue weighted by Gasteiger charge is -2.45. The van der Waals surface area contributed by atoms with Crippen molar-refractivity contribution in [2.24, 2.45) is 0 Å². The molecule has 2 rings (SSSR count). The second kappa shape index (κ2) is 4.37. The zero-order valence-corrected chi connectivity index (χ0v) is 11.1. The lowest BCUT2D eigenvalue weighted by molar-refractivity contribution is -0.137. The second-order valence-corrected chi connectivity index (χ2v) is 5.65. The van der Waals surface area contributed by atoms with E-state index in [9.17, 15) is 18.3 Å². The summed E-state index contributed by atoms with van der Waals surface area (Å²) in [7, 11) is 0. The molecule has 6 heteroatoms. The maximum Gasteiger partial charge on any atom is 0.419 e. The van der Waals surface area contributed by atoms with Crippen molar-refractivity contribution in [1.82, 2.24) is 4.98 Å². The van der Waals surface area contributed by atoms with E-state index in [4.69, 9.17) is 0 Å². The van der Waals surface area contributed by atoms with Crippen LogP contribution < -0.4 is 4.90 Å². The van der Waals surface area contributed by atoms with Crippen LogP contribution in [0.3, 0.4) is 0 Å². The number of aromatic nitrogens is 1. The maximum absolute atomic E-state index is 13.1. The zero-order chi connectivity index (χ0) is 14.4. The van der Waals surface area contributed by atoms with Crippen LogP contribution >= 0.6 is 0 Å². The number of aliphatic hydroxyl groups is 1. The van der Waals surface area contributed by atoms with Crippen LogP contribution in [0.5, 0.6) is 0 Å². The van der Waals surface area contributed by atoms with E-state index in [0.717, 1.165) is 6.07 Å². The van der Waals surface area contributed by atoms with Crippen molar-refractivity contribution in [1.29, 1.82) is 0 Å². The minimum atomic E-state index is -4.44. The number of hydrogen-bond acceptors (Lipinski definition) is 3. The van der Waals surface area contributed by atoms with Gasteiger partial charge in [0.15, 0.2) is 0 Å². The number of rotatable bonds is 2. The van der Waals surface area contributed by atoms with Crippen molar-refractivity contribution in [3.8, 4) is 0 Å². The molecule has 1 saturated heterocycles. The third-order valence-corrected chi connectivity index (χ3v) is 3.22. The Balaban J connectivity index is 2.38. The predicted octanol–water partition coefficient (Wildman–Crippen LogP) is 2.79. The molecule has 0 unspecified atom stereocenters. The average Bonchev–Trinajstić information content (AvgIpc) is 2.23. The molecule has 1 aliphatic rings. The normalized spacial score (nSPS) is 18.6. The first-order chi connectivity index (χ1) is 8.60. The second-order valence-electron chi connectivity index (χ2n) is 5.65. The summed E-state index contributed by atoms with van der Waals surface area (Å²) in [6, 6.07) is 1.15. The van der Waals surface area contributed by atoms with Crippen LogP contribution in [0.2, 0.25) is 0 Å². The smallest absolute Gasteiger partial charge is 0.386 e. The summed E-state index contributed by atoms with van der Waals surface area (Å²) in [5.41, 5.74) is -1.10. The fraction of sp³-hybridized carbons (Fsp3) is 0.615. The van der Waals surface area contributed by atoms with E-state index in [0.29, 0.717) is 5.56 Å². The van der Waals surface area contributed by atoms with Gasteiger partial charge >= 0.3 is 6.18 Å². The SMILES string of the molecule is CC(C)c1cnc(N2CC(C)(O)C2)c(C(F)(F)F)c1. The Labute approximate surface area is 110 Å². The Morgan fingerprint density at radius 1 is 1.37 bits per heavy atom. The molecule has 1 aromatic rings. The summed E-state index contributed by atoms with van der Waals surface area (Å²) in [5.74, 6) is -0.106. The minimum absolute atomic E-state index is 0.0119. The lowest BCUT2D eigenvalue weighted by atomic mass is 9.95. The minimum Gasteiger partial charge on any atom is -0.386 e. The van der Waals surface area contributed by atoms with Crippen LogP contribution in [-0.4, -0.2) is 28.8 Å². The molecule has 1 aliphatic heterocycles. The first-order valence-corrected chi connectivity index (χ1v) is 6.14. The number of halogens is 3. The fourth-order valence-electron chi connectivity index (χ4n) is 2.18. The fourth-order valence-corrected chi connectivity index (χ4v) is 2.18. The summed E-state index contributed by atoms with van der Waals surface area (Å²) < 4.78 is 39.2. The highest BCUT2D eigenvalue weighted by Gasteiger charge is 2.43. The molecule has 106 valence electrons. The molecule has 0 radical (unpaired) electrons. The van der Waals surface area contributed by atoms with Crippen molar-refractivity contribution in [3.05, 3.63) is 23.4 Å². The Morgan fingerprint density at radius 2 is 1.95 bits per heavy atom. The van der Waals surface area contributed by atoms with Crippen LogP contribution in [0.1, 0.15) is 37.8 Å². The highest BCUT2D eigenvalue weighted by Crippen LogP contribution is 2.39. The predicted molar refractivity (Wildman–Crippen MR) is 66.2 cm³/mol. The molecule has 2 heterocycles. The standard InChI is InChI=1S/C13H17F3N2O/c1-8(2)9-4-10(13(14,15)16)11(17-5-9)18-6-12(3,19)7-18/h4-5,8,19H,6-7H2,1-3H3. The first kappa shape index (κ1) is 14.1. The summed E-state index contributed by atoms with van der Waals surface area (Å²) >= 11 is 0. The molecule has 0 aliphatic carbocycles. The number of alkyl halides is 3. The molecule has 0 aromatic carbocycles. The molecule has 0 bridgehead atoms. The van der Waals surface area contributed by atoms with E-state index in [1.165, 1.54) is 11.1 Å². The summed E-state index contributed by atoms with van der Waals surface area (Å²) in [4.78, 5) is 5.40. The van der Waals surface area contributed by atoms with Gasteiger partial charge < -0.3 is 10.0 Å². The van der Waals surface area contributed by atoms with E-state index in [1.807, 2.05) is 13.8 Å². The molecule has 0 spiro atoms. The van der Waals surface area contributed by atoms with Gasteiger partial charge in [0.1, 0.15) is 5.82 Å². The quantitative estimate of drug-likeness (QED) is 0.901. The van der Waals surface area contributed by atoms with Gasteiger partial charge in [-0.25, -0.2) is 4.98 Å². The van der Waals surface area contributed by atoms with Gasteiger partial charge in [-0.05, 0) is 24.5 Å². The van der Waals surface area contributed by atoms with Gasteiger partial charge in [0, 0.05) is 19.3 Å². The van der Waals surface area contributed by atoms with Crippen LogP contribution in [0, 0.1) is 0 Å². The zero-order valence-electron chi connectivity index (χ0n) is 11.1. The van der Waals surface area contributed by atoms with Crippen LogP contribution in [-0.2, 0) is 6.18 Å². The van der Waals surface area contributed by atoms with E-state index < -0.39 is 17.3 Å². The molecule has 0 amide bonds. The van der Waals surface area contributed by atoms with Gasteiger partial charge in [0.25, 0.3) is 0 Å². The molecular formula is C13H17F3N2O. The Hall–Kier alpha value is -1.30. The lowest BCUT2D eigenvalue weighted by Crippen LogP contribution is -2.60. The number of hydrogen-bond donors (Lipinski definition) is 1.